The second kappa shape index (κ2) is 12.7. The van der Waals surface area contributed by atoms with Crippen molar-refractivity contribution in [2.75, 3.05) is 32.9 Å². The molecule has 3 aliphatic heterocycles. The van der Waals surface area contributed by atoms with Crippen LogP contribution in [0, 0.1) is 0 Å². The number of aromatic hydroxyl groups is 1. The van der Waals surface area contributed by atoms with E-state index in [-0.39, 0.29) is 42.1 Å². The minimum absolute atomic E-state index is 0.0111. The lowest BCUT2D eigenvalue weighted by Crippen LogP contribution is -2.75. The normalized spacial score (nSPS) is 25.9. The van der Waals surface area contributed by atoms with Gasteiger partial charge in [0.25, 0.3) is 0 Å². The second-order valence-electron chi connectivity index (χ2n) is 10.9. The molecule has 2 aromatic rings. The van der Waals surface area contributed by atoms with Crippen LogP contribution >= 0.6 is 11.8 Å². The first-order chi connectivity index (χ1) is 20.5. The molecular formula is C32H35N5O4S. The zero-order chi connectivity index (χ0) is 29.1. The summed E-state index contributed by atoms with van der Waals surface area (Å²) in [5, 5.41) is 14.1. The van der Waals surface area contributed by atoms with E-state index in [1.54, 1.807) is 47.0 Å². The van der Waals surface area contributed by atoms with Crippen molar-refractivity contribution >= 4 is 29.1 Å². The lowest BCUT2D eigenvalue weighted by Gasteiger charge is -2.55. The highest BCUT2D eigenvalue weighted by Crippen LogP contribution is 2.34. The number of piperazine rings is 1. The molecule has 2 fully saturated rings. The molecule has 0 bridgehead atoms. The minimum atomic E-state index is -0.694. The van der Waals surface area contributed by atoms with Gasteiger partial charge in [-0.15, -0.1) is 18.3 Å². The number of amides is 2. The Labute approximate surface area is 250 Å². The maximum atomic E-state index is 14.2. The topological polar surface area (TPSA) is 88.9 Å². The van der Waals surface area contributed by atoms with Gasteiger partial charge in [0.05, 0.1) is 36.5 Å². The smallest absolute Gasteiger partial charge is 0.246 e. The van der Waals surface area contributed by atoms with Gasteiger partial charge in [0.15, 0.2) is 0 Å². The summed E-state index contributed by atoms with van der Waals surface area (Å²) in [6.07, 6.45) is 7.97. The molecule has 0 saturated carbocycles. The van der Waals surface area contributed by atoms with Crippen molar-refractivity contribution in [2.45, 2.75) is 36.5 Å². The van der Waals surface area contributed by atoms with Gasteiger partial charge in [-0.1, -0.05) is 66.8 Å². The van der Waals surface area contributed by atoms with Crippen molar-refractivity contribution in [3.05, 3.63) is 102 Å². The number of benzene rings is 2. The minimum Gasteiger partial charge on any atom is -0.508 e. The van der Waals surface area contributed by atoms with E-state index >= 15 is 0 Å². The number of thioether (sulfide) groups is 1. The average molecular weight is 586 g/mol. The predicted octanol–water partition coefficient (Wildman–Crippen LogP) is 3.20. The number of fused-ring (bicyclic) bond motifs is 2. The Morgan fingerprint density at radius 1 is 1.10 bits per heavy atom. The highest BCUT2D eigenvalue weighted by Gasteiger charge is 2.50. The number of hydrogen-bond acceptors (Lipinski definition) is 8. The van der Waals surface area contributed by atoms with E-state index in [2.05, 4.69) is 28.7 Å². The highest BCUT2D eigenvalue weighted by molar-refractivity contribution is 8.13. The summed E-state index contributed by atoms with van der Waals surface area (Å²) in [6.45, 7) is 5.98. The van der Waals surface area contributed by atoms with E-state index in [1.165, 1.54) is 0 Å². The van der Waals surface area contributed by atoms with Crippen LogP contribution in [0.1, 0.15) is 11.1 Å². The van der Waals surface area contributed by atoms with Crippen molar-refractivity contribution < 1.29 is 19.4 Å². The molecule has 1 N–H and O–H groups in total. The maximum Gasteiger partial charge on any atom is 0.246 e. The number of nitrogens with zero attached hydrogens (tertiary/aromatic N) is 5. The number of phenols is 1. The largest absolute Gasteiger partial charge is 0.508 e. The third-order valence-corrected chi connectivity index (χ3v) is 9.08. The van der Waals surface area contributed by atoms with Gasteiger partial charge in [0.1, 0.15) is 24.7 Å². The van der Waals surface area contributed by atoms with Gasteiger partial charge in [0.2, 0.25) is 11.8 Å². The predicted molar refractivity (Wildman–Crippen MR) is 163 cm³/mol. The Morgan fingerprint density at radius 2 is 1.90 bits per heavy atom. The lowest BCUT2D eigenvalue weighted by atomic mass is 9.95. The van der Waals surface area contributed by atoms with E-state index < -0.39 is 12.2 Å². The highest BCUT2D eigenvalue weighted by atomic mass is 32.2. The molecule has 10 heteroatoms. The molecule has 0 radical (unpaired) electrons. The van der Waals surface area contributed by atoms with Gasteiger partial charge in [0, 0.05) is 19.5 Å². The van der Waals surface area contributed by atoms with Gasteiger partial charge in [-0.2, -0.15) is 5.01 Å². The van der Waals surface area contributed by atoms with Gasteiger partial charge < -0.3 is 19.6 Å². The van der Waals surface area contributed by atoms with Crippen molar-refractivity contribution in [3.8, 4) is 5.75 Å². The summed E-state index contributed by atoms with van der Waals surface area (Å²) >= 11 is 1.69. The summed E-state index contributed by atoms with van der Waals surface area (Å²) in [7, 11) is 0. The zero-order valence-corrected chi connectivity index (χ0v) is 24.2. The summed E-state index contributed by atoms with van der Waals surface area (Å²) in [4.78, 5) is 36.2. The summed E-state index contributed by atoms with van der Waals surface area (Å²) in [5.74, 6) is -0.0304. The van der Waals surface area contributed by atoms with Crippen molar-refractivity contribution in [1.82, 2.24) is 19.8 Å². The fourth-order valence-corrected chi connectivity index (χ4v) is 6.97. The van der Waals surface area contributed by atoms with Gasteiger partial charge >= 0.3 is 0 Å². The standard InChI is InChI=1S/C32H35N5O4S/c1-2-15-35-19-30(39)37-27(16-23-11-13-26(38)14-12-23)32(40)34(17-25-9-6-10-28-31(25)33-21-42-28)18-29(37)36(35)22-41-20-24-7-4-3-5-8-24/h2-14,21,27-29,31,38H,1,15-20,22H2. The van der Waals surface area contributed by atoms with Crippen LogP contribution in [0.15, 0.2) is 96.0 Å². The van der Waals surface area contributed by atoms with E-state index in [0.29, 0.717) is 32.7 Å². The van der Waals surface area contributed by atoms with Crippen molar-refractivity contribution in [3.63, 3.8) is 0 Å². The Balaban J connectivity index is 1.30. The first-order valence-corrected chi connectivity index (χ1v) is 15.1. The molecule has 4 aliphatic rings. The molecule has 2 aromatic carbocycles. The third kappa shape index (κ3) is 5.94. The molecule has 42 heavy (non-hydrogen) atoms. The molecule has 0 spiro atoms. The fraction of sp³-hybridized carbons (Fsp3) is 0.344. The number of hydrogen-bond donors (Lipinski definition) is 1. The maximum absolute atomic E-state index is 14.2. The molecule has 4 unspecified atom stereocenters. The molecule has 4 atom stereocenters. The summed E-state index contributed by atoms with van der Waals surface area (Å²) in [6, 6.07) is 16.1. The fourth-order valence-electron chi connectivity index (χ4n) is 6.05. The molecule has 2 amide bonds. The van der Waals surface area contributed by atoms with E-state index in [9.17, 15) is 14.7 Å². The Morgan fingerprint density at radius 3 is 2.69 bits per heavy atom. The molecular weight excluding hydrogens is 550 g/mol. The molecule has 6 rings (SSSR count). The molecule has 3 heterocycles. The number of phenolic OH excluding ortho intramolecular Hbond substituents is 1. The van der Waals surface area contributed by atoms with E-state index in [0.717, 1.165) is 16.7 Å². The number of aliphatic imine (C=N–C) groups is 1. The zero-order valence-electron chi connectivity index (χ0n) is 23.4. The number of carbonyl (C=O) groups is 2. The Kier molecular flexibility index (Phi) is 8.57. The third-order valence-electron chi connectivity index (χ3n) is 8.11. The quantitative estimate of drug-likeness (QED) is 0.429. The van der Waals surface area contributed by atoms with Crippen LogP contribution in [-0.2, 0) is 27.4 Å². The van der Waals surface area contributed by atoms with Crippen LogP contribution < -0.4 is 0 Å². The second-order valence-corrected chi connectivity index (χ2v) is 11.9. The summed E-state index contributed by atoms with van der Waals surface area (Å²) in [5.41, 5.74) is 4.91. The number of carbonyl (C=O) groups excluding carboxylic acids is 2. The van der Waals surface area contributed by atoms with Crippen LogP contribution in [0.2, 0.25) is 0 Å². The number of allylic oxidation sites excluding steroid dienone is 2. The lowest BCUT2D eigenvalue weighted by molar-refractivity contribution is -0.221. The first kappa shape index (κ1) is 28.4. The Bertz CT molecular complexity index is 1400. The number of rotatable bonds is 10. The van der Waals surface area contributed by atoms with Crippen molar-refractivity contribution in [1.29, 1.82) is 0 Å². The molecule has 0 aromatic heterocycles. The summed E-state index contributed by atoms with van der Waals surface area (Å²) < 4.78 is 6.19. The van der Waals surface area contributed by atoms with Crippen LogP contribution in [-0.4, -0.2) is 98.7 Å². The molecule has 9 nitrogen and oxygen atoms in total. The van der Waals surface area contributed by atoms with Crippen LogP contribution in [0.3, 0.4) is 0 Å². The molecule has 218 valence electrons. The number of hydrazine groups is 1. The van der Waals surface area contributed by atoms with Gasteiger partial charge in [-0.05, 0) is 28.8 Å². The van der Waals surface area contributed by atoms with Crippen LogP contribution in [0.4, 0.5) is 0 Å². The van der Waals surface area contributed by atoms with Gasteiger partial charge in [-0.25, -0.2) is 5.01 Å². The van der Waals surface area contributed by atoms with E-state index in [4.69, 9.17) is 4.74 Å². The first-order valence-electron chi connectivity index (χ1n) is 14.2. The monoisotopic (exact) mass is 585 g/mol. The van der Waals surface area contributed by atoms with E-state index in [1.807, 2.05) is 51.9 Å². The SMILES string of the molecule is C=CCN1CC(=O)N2C(Cc3ccc(O)cc3)C(=O)N(CC3=CC=CC4SC=NC34)CC2N1COCc1ccccc1. The number of ether oxygens (including phenoxy) is 1. The molecule has 2 saturated heterocycles. The van der Waals surface area contributed by atoms with Crippen LogP contribution in [0.5, 0.6) is 5.75 Å². The van der Waals surface area contributed by atoms with Crippen LogP contribution in [0.25, 0.3) is 0 Å². The molecule has 1 aliphatic carbocycles. The average Bonchev–Trinajstić information content (AvgIpc) is 3.48. The van der Waals surface area contributed by atoms with Crippen molar-refractivity contribution in [2.24, 2.45) is 4.99 Å². The van der Waals surface area contributed by atoms with Gasteiger partial charge in [-0.3, -0.25) is 14.6 Å². The Hall–Kier alpha value is -3.70.